The van der Waals surface area contributed by atoms with Gasteiger partial charge in [-0.1, -0.05) is 24.3 Å². The molecule has 1 N–H and O–H groups in total. The van der Waals surface area contributed by atoms with Crippen molar-refractivity contribution in [1.82, 2.24) is 0 Å². The Bertz CT molecular complexity index is 336. The second kappa shape index (κ2) is 5.32. The number of aliphatic hydroxyl groups is 1. The highest BCUT2D eigenvalue weighted by Crippen LogP contribution is 2.19. The van der Waals surface area contributed by atoms with Crippen LogP contribution in [0.25, 0.3) is 0 Å². The van der Waals surface area contributed by atoms with Crippen molar-refractivity contribution in [2.75, 3.05) is 13.2 Å². The first kappa shape index (κ1) is 13.0. The number of alkyl halides is 3. The average molecular weight is 234 g/mol. The number of hydrogen-bond acceptors (Lipinski definition) is 2. The normalized spacial score (nSPS) is 13.8. The summed E-state index contributed by atoms with van der Waals surface area (Å²) in [4.78, 5) is 0. The van der Waals surface area contributed by atoms with Gasteiger partial charge in [-0.25, -0.2) is 0 Å². The molecule has 0 spiro atoms. The van der Waals surface area contributed by atoms with E-state index in [-0.39, 0.29) is 6.61 Å². The van der Waals surface area contributed by atoms with Gasteiger partial charge in [-0.3, -0.25) is 0 Å². The number of halogens is 3. The molecule has 2 nitrogen and oxygen atoms in total. The summed E-state index contributed by atoms with van der Waals surface area (Å²) >= 11 is 0. The van der Waals surface area contributed by atoms with E-state index in [9.17, 15) is 18.3 Å². The second-order valence-corrected chi connectivity index (χ2v) is 3.50. The van der Waals surface area contributed by atoms with Crippen molar-refractivity contribution in [3.05, 3.63) is 35.4 Å². The fourth-order valence-electron chi connectivity index (χ4n) is 1.34. The van der Waals surface area contributed by atoms with Crippen LogP contribution in [-0.4, -0.2) is 24.5 Å². The Morgan fingerprint density at radius 3 is 2.50 bits per heavy atom. The van der Waals surface area contributed by atoms with E-state index in [4.69, 9.17) is 0 Å². The van der Waals surface area contributed by atoms with Gasteiger partial charge < -0.3 is 9.84 Å². The van der Waals surface area contributed by atoms with Crippen molar-refractivity contribution in [2.45, 2.75) is 19.2 Å². The SMILES string of the molecule is Cc1ccccc1C(O)COCC(F)(F)F. The van der Waals surface area contributed by atoms with Gasteiger partial charge in [0, 0.05) is 0 Å². The van der Waals surface area contributed by atoms with Crippen LogP contribution in [0.5, 0.6) is 0 Å². The van der Waals surface area contributed by atoms with E-state index in [1.807, 2.05) is 0 Å². The molecule has 0 aliphatic carbocycles. The van der Waals surface area contributed by atoms with Crippen LogP contribution in [0, 0.1) is 6.92 Å². The highest BCUT2D eigenvalue weighted by Gasteiger charge is 2.27. The third-order valence-corrected chi connectivity index (χ3v) is 2.09. The summed E-state index contributed by atoms with van der Waals surface area (Å²) in [6.45, 7) is 0.0859. The second-order valence-electron chi connectivity index (χ2n) is 3.50. The molecule has 0 aliphatic heterocycles. The molecule has 1 aromatic carbocycles. The van der Waals surface area contributed by atoms with Crippen molar-refractivity contribution < 1.29 is 23.0 Å². The Morgan fingerprint density at radius 1 is 1.31 bits per heavy atom. The molecular weight excluding hydrogens is 221 g/mol. The molecule has 0 heterocycles. The number of aliphatic hydroxyl groups excluding tert-OH is 1. The quantitative estimate of drug-likeness (QED) is 0.867. The molecule has 1 unspecified atom stereocenters. The number of aryl methyl sites for hydroxylation is 1. The standard InChI is InChI=1S/C11H13F3O2/c1-8-4-2-3-5-9(8)10(15)6-16-7-11(12,13)14/h2-5,10,15H,6-7H2,1H3. The molecule has 0 aliphatic rings. The molecule has 0 saturated heterocycles. The van der Waals surface area contributed by atoms with Gasteiger partial charge in [0.15, 0.2) is 0 Å². The maximum absolute atomic E-state index is 11.8. The maximum Gasteiger partial charge on any atom is 0.411 e. The molecule has 0 amide bonds. The number of rotatable bonds is 4. The Hall–Kier alpha value is -1.07. The number of ether oxygens (including phenoxy) is 1. The first-order valence-corrected chi connectivity index (χ1v) is 4.78. The fourth-order valence-corrected chi connectivity index (χ4v) is 1.34. The van der Waals surface area contributed by atoms with E-state index >= 15 is 0 Å². The first-order chi connectivity index (χ1) is 7.40. The average Bonchev–Trinajstić information content (AvgIpc) is 2.16. The van der Waals surface area contributed by atoms with Gasteiger partial charge in [-0.15, -0.1) is 0 Å². The van der Waals surface area contributed by atoms with Crippen LogP contribution in [0.2, 0.25) is 0 Å². The Balaban J connectivity index is 2.47. The van der Waals surface area contributed by atoms with Gasteiger partial charge >= 0.3 is 6.18 Å². The van der Waals surface area contributed by atoms with Gasteiger partial charge in [0.05, 0.1) is 6.61 Å². The number of hydrogen-bond donors (Lipinski definition) is 1. The summed E-state index contributed by atoms with van der Waals surface area (Å²) in [7, 11) is 0. The molecule has 0 saturated carbocycles. The highest BCUT2D eigenvalue weighted by molar-refractivity contribution is 5.27. The van der Waals surface area contributed by atoms with Gasteiger partial charge in [0.2, 0.25) is 0 Å². The third-order valence-electron chi connectivity index (χ3n) is 2.09. The van der Waals surface area contributed by atoms with E-state index < -0.39 is 18.9 Å². The minimum atomic E-state index is -4.36. The van der Waals surface area contributed by atoms with E-state index in [0.29, 0.717) is 5.56 Å². The first-order valence-electron chi connectivity index (χ1n) is 4.78. The largest absolute Gasteiger partial charge is 0.411 e. The Morgan fingerprint density at radius 2 is 1.94 bits per heavy atom. The van der Waals surface area contributed by atoms with Gasteiger partial charge in [-0.05, 0) is 18.1 Å². The van der Waals surface area contributed by atoms with Crippen LogP contribution in [0.1, 0.15) is 17.2 Å². The zero-order valence-corrected chi connectivity index (χ0v) is 8.79. The summed E-state index contributed by atoms with van der Waals surface area (Å²) in [6.07, 6.45) is -5.38. The molecule has 16 heavy (non-hydrogen) atoms. The van der Waals surface area contributed by atoms with Crippen molar-refractivity contribution in [3.63, 3.8) is 0 Å². The van der Waals surface area contributed by atoms with Crippen molar-refractivity contribution in [2.24, 2.45) is 0 Å². The summed E-state index contributed by atoms with van der Waals surface area (Å²) in [5.41, 5.74) is 1.41. The van der Waals surface area contributed by atoms with Gasteiger partial charge in [0.25, 0.3) is 0 Å². The smallest absolute Gasteiger partial charge is 0.386 e. The van der Waals surface area contributed by atoms with Crippen molar-refractivity contribution >= 4 is 0 Å². The molecule has 0 bridgehead atoms. The zero-order chi connectivity index (χ0) is 12.2. The minimum Gasteiger partial charge on any atom is -0.386 e. The van der Waals surface area contributed by atoms with E-state index in [2.05, 4.69) is 4.74 Å². The molecule has 0 aromatic heterocycles. The fraction of sp³-hybridized carbons (Fsp3) is 0.455. The van der Waals surface area contributed by atoms with E-state index in [1.54, 1.807) is 31.2 Å². The maximum atomic E-state index is 11.8. The highest BCUT2D eigenvalue weighted by atomic mass is 19.4. The number of benzene rings is 1. The topological polar surface area (TPSA) is 29.5 Å². The van der Waals surface area contributed by atoms with Crippen molar-refractivity contribution in [1.29, 1.82) is 0 Å². The predicted octanol–water partition coefficient (Wildman–Crippen LogP) is 2.61. The summed E-state index contributed by atoms with van der Waals surface area (Å²) in [5, 5.41) is 9.61. The van der Waals surface area contributed by atoms with Gasteiger partial charge in [0.1, 0.15) is 12.7 Å². The summed E-state index contributed by atoms with van der Waals surface area (Å²) in [5.74, 6) is 0. The van der Waals surface area contributed by atoms with Gasteiger partial charge in [-0.2, -0.15) is 13.2 Å². The molecular formula is C11H13F3O2. The molecule has 0 fully saturated rings. The monoisotopic (exact) mass is 234 g/mol. The van der Waals surface area contributed by atoms with E-state index in [0.717, 1.165) is 5.56 Å². The molecule has 5 heteroatoms. The molecule has 1 rings (SSSR count). The molecule has 1 atom stereocenters. The van der Waals surface area contributed by atoms with Crippen molar-refractivity contribution in [3.8, 4) is 0 Å². The Kier molecular flexibility index (Phi) is 4.32. The zero-order valence-electron chi connectivity index (χ0n) is 8.79. The van der Waals surface area contributed by atoms with Crippen LogP contribution in [-0.2, 0) is 4.74 Å². The summed E-state index contributed by atoms with van der Waals surface area (Å²) < 4.78 is 39.7. The lowest BCUT2D eigenvalue weighted by molar-refractivity contribution is -0.179. The predicted molar refractivity (Wildman–Crippen MR) is 53.0 cm³/mol. The van der Waals surface area contributed by atoms with Crippen LogP contribution in [0.15, 0.2) is 24.3 Å². The third kappa shape index (κ3) is 4.20. The summed E-state index contributed by atoms with van der Waals surface area (Å²) in [6, 6.07) is 6.96. The minimum absolute atomic E-state index is 0.357. The Labute approximate surface area is 91.7 Å². The molecule has 1 aromatic rings. The lowest BCUT2D eigenvalue weighted by Gasteiger charge is -2.14. The molecule has 0 radical (unpaired) electrons. The van der Waals surface area contributed by atoms with Crippen LogP contribution >= 0.6 is 0 Å². The molecule has 90 valence electrons. The lowest BCUT2D eigenvalue weighted by atomic mass is 10.0. The van der Waals surface area contributed by atoms with Crippen LogP contribution in [0.4, 0.5) is 13.2 Å². The van der Waals surface area contributed by atoms with Crippen LogP contribution in [0.3, 0.4) is 0 Å². The lowest BCUT2D eigenvalue weighted by Crippen LogP contribution is -2.19. The van der Waals surface area contributed by atoms with E-state index in [1.165, 1.54) is 0 Å². The van der Waals surface area contributed by atoms with Crippen LogP contribution < -0.4 is 0 Å².